The van der Waals surface area contributed by atoms with Gasteiger partial charge in [-0.15, -0.1) is 11.8 Å². The Balaban J connectivity index is 1.75. The number of thioether (sulfide) groups is 1. The molecule has 3 rings (SSSR count). The van der Waals surface area contributed by atoms with Crippen molar-refractivity contribution in [3.05, 3.63) is 82.3 Å². The predicted octanol–water partition coefficient (Wildman–Crippen LogP) is 6.48. The zero-order chi connectivity index (χ0) is 17.7. The highest BCUT2D eigenvalue weighted by molar-refractivity contribution is 9.10. The third-order valence-electron chi connectivity index (χ3n) is 4.11. The molecule has 0 saturated heterocycles. The number of hydrogen-bond acceptors (Lipinski definition) is 2. The van der Waals surface area contributed by atoms with Gasteiger partial charge in [0.2, 0.25) is 0 Å². The molecule has 0 aliphatic carbocycles. The SMILES string of the molecule is CC(CCc1ccc(Br)cc1)(Cn1ccnc1)Sc1ccc(Cl)cc1. The largest absolute Gasteiger partial charge is 0.336 e. The van der Waals surface area contributed by atoms with Crippen molar-refractivity contribution in [3.63, 3.8) is 0 Å². The number of aromatic nitrogens is 2. The smallest absolute Gasteiger partial charge is 0.0946 e. The highest BCUT2D eigenvalue weighted by atomic mass is 79.9. The third kappa shape index (κ3) is 5.63. The van der Waals surface area contributed by atoms with Gasteiger partial charge >= 0.3 is 0 Å². The first kappa shape index (κ1) is 18.6. The maximum absolute atomic E-state index is 6.03. The fraction of sp³-hybridized carbons (Fsp3) is 0.250. The highest BCUT2D eigenvalue weighted by Gasteiger charge is 2.26. The molecule has 1 atom stereocenters. The molecule has 1 heterocycles. The zero-order valence-corrected chi connectivity index (χ0v) is 17.2. The molecule has 2 nitrogen and oxygen atoms in total. The van der Waals surface area contributed by atoms with Crippen molar-refractivity contribution >= 4 is 39.3 Å². The molecule has 5 heteroatoms. The highest BCUT2D eigenvalue weighted by Crippen LogP contribution is 2.38. The Morgan fingerprint density at radius 3 is 2.48 bits per heavy atom. The number of benzene rings is 2. The van der Waals surface area contributed by atoms with Crippen LogP contribution in [0, 0.1) is 0 Å². The average Bonchev–Trinajstić information content (AvgIpc) is 3.09. The van der Waals surface area contributed by atoms with Crippen LogP contribution in [0.1, 0.15) is 18.9 Å². The fourth-order valence-corrected chi connectivity index (χ4v) is 4.43. The quantitative estimate of drug-likeness (QED) is 0.395. The van der Waals surface area contributed by atoms with Gasteiger partial charge in [-0.25, -0.2) is 4.98 Å². The molecule has 0 aliphatic heterocycles. The summed E-state index contributed by atoms with van der Waals surface area (Å²) in [6.07, 6.45) is 7.86. The summed E-state index contributed by atoms with van der Waals surface area (Å²) in [5.74, 6) is 0. The molecule has 0 radical (unpaired) electrons. The number of hydrogen-bond donors (Lipinski definition) is 0. The number of nitrogens with zero attached hydrogens (tertiary/aromatic N) is 2. The van der Waals surface area contributed by atoms with E-state index in [-0.39, 0.29) is 4.75 Å². The second-order valence-electron chi connectivity index (χ2n) is 6.37. The lowest BCUT2D eigenvalue weighted by atomic mass is 10.00. The van der Waals surface area contributed by atoms with E-state index in [1.165, 1.54) is 10.5 Å². The van der Waals surface area contributed by atoms with Crippen LogP contribution in [0.15, 0.2) is 76.6 Å². The van der Waals surface area contributed by atoms with Crippen molar-refractivity contribution in [1.82, 2.24) is 9.55 Å². The topological polar surface area (TPSA) is 17.8 Å². The van der Waals surface area contributed by atoms with Gasteiger partial charge in [0.15, 0.2) is 0 Å². The Hall–Kier alpha value is -1.23. The van der Waals surface area contributed by atoms with Crippen LogP contribution in [-0.4, -0.2) is 14.3 Å². The summed E-state index contributed by atoms with van der Waals surface area (Å²) >= 11 is 11.4. The average molecular weight is 436 g/mol. The molecule has 2 aromatic carbocycles. The summed E-state index contributed by atoms with van der Waals surface area (Å²) in [6.45, 7) is 3.24. The molecule has 0 amide bonds. The predicted molar refractivity (Wildman–Crippen MR) is 110 cm³/mol. The molecule has 0 aliphatic rings. The molecule has 0 spiro atoms. The first-order valence-electron chi connectivity index (χ1n) is 8.17. The Bertz CT molecular complexity index is 788. The van der Waals surface area contributed by atoms with Crippen LogP contribution in [0.4, 0.5) is 0 Å². The molecular formula is C20H20BrClN2S. The van der Waals surface area contributed by atoms with Crippen LogP contribution < -0.4 is 0 Å². The number of imidazole rings is 1. The van der Waals surface area contributed by atoms with Crippen molar-refractivity contribution in [2.75, 3.05) is 0 Å². The zero-order valence-electron chi connectivity index (χ0n) is 14.0. The van der Waals surface area contributed by atoms with Crippen molar-refractivity contribution in [2.45, 2.75) is 36.0 Å². The summed E-state index contributed by atoms with van der Waals surface area (Å²) in [4.78, 5) is 5.42. The van der Waals surface area contributed by atoms with Crippen LogP contribution in [0.5, 0.6) is 0 Å². The van der Waals surface area contributed by atoms with E-state index < -0.39 is 0 Å². The van der Waals surface area contributed by atoms with E-state index in [4.69, 9.17) is 11.6 Å². The van der Waals surface area contributed by atoms with Crippen LogP contribution in [0.2, 0.25) is 5.02 Å². The van der Waals surface area contributed by atoms with Gasteiger partial charge in [0.05, 0.1) is 6.33 Å². The molecule has 130 valence electrons. The van der Waals surface area contributed by atoms with E-state index in [1.807, 2.05) is 42.6 Å². The summed E-state index contributed by atoms with van der Waals surface area (Å²) in [7, 11) is 0. The third-order valence-corrected chi connectivity index (χ3v) is 6.22. The van der Waals surface area contributed by atoms with Gasteiger partial charge in [-0.05, 0) is 61.7 Å². The van der Waals surface area contributed by atoms with Crippen LogP contribution in [-0.2, 0) is 13.0 Å². The van der Waals surface area contributed by atoms with Gasteiger partial charge in [0, 0.05) is 38.1 Å². The fourth-order valence-electron chi connectivity index (χ4n) is 2.78. The Morgan fingerprint density at radius 2 is 1.84 bits per heavy atom. The standard InChI is InChI=1S/C20H20BrClN2S/c1-20(14-24-13-12-23-15-24,25-19-8-6-18(22)7-9-19)11-10-16-2-4-17(21)5-3-16/h2-9,12-13,15H,10-11,14H2,1H3. The lowest BCUT2D eigenvalue weighted by Gasteiger charge is -2.30. The number of halogens is 2. The molecule has 3 aromatic rings. The lowest BCUT2D eigenvalue weighted by Crippen LogP contribution is -2.27. The summed E-state index contributed by atoms with van der Waals surface area (Å²) < 4.78 is 3.33. The molecule has 25 heavy (non-hydrogen) atoms. The summed E-state index contributed by atoms with van der Waals surface area (Å²) in [5, 5.41) is 0.774. The molecule has 0 bridgehead atoms. The van der Waals surface area contributed by atoms with Crippen LogP contribution in [0.25, 0.3) is 0 Å². The molecule has 0 N–H and O–H groups in total. The van der Waals surface area contributed by atoms with Gasteiger partial charge in [0.1, 0.15) is 0 Å². The van der Waals surface area contributed by atoms with E-state index in [0.717, 1.165) is 28.9 Å². The van der Waals surface area contributed by atoms with Gasteiger partial charge < -0.3 is 4.57 Å². The lowest BCUT2D eigenvalue weighted by molar-refractivity contribution is 0.495. The van der Waals surface area contributed by atoms with E-state index in [9.17, 15) is 0 Å². The van der Waals surface area contributed by atoms with Gasteiger partial charge in [-0.1, -0.05) is 39.7 Å². The van der Waals surface area contributed by atoms with Gasteiger partial charge in [0.25, 0.3) is 0 Å². The van der Waals surface area contributed by atoms with Crippen LogP contribution in [0.3, 0.4) is 0 Å². The van der Waals surface area contributed by atoms with Crippen LogP contribution >= 0.6 is 39.3 Å². The summed E-state index contributed by atoms with van der Waals surface area (Å²) in [6, 6.07) is 16.7. The second-order valence-corrected chi connectivity index (χ2v) is 9.38. The minimum absolute atomic E-state index is 0.0571. The Kier molecular flexibility index (Phi) is 6.26. The monoisotopic (exact) mass is 434 g/mol. The Labute approximate surface area is 166 Å². The number of aryl methyl sites for hydroxylation is 1. The van der Waals surface area contributed by atoms with Crippen molar-refractivity contribution in [3.8, 4) is 0 Å². The second kappa shape index (κ2) is 8.43. The molecule has 1 aromatic heterocycles. The Morgan fingerprint density at radius 1 is 1.12 bits per heavy atom. The number of rotatable bonds is 7. The minimum Gasteiger partial charge on any atom is -0.336 e. The first-order chi connectivity index (χ1) is 12.0. The van der Waals surface area contributed by atoms with Gasteiger partial charge in [-0.2, -0.15) is 0 Å². The summed E-state index contributed by atoms with van der Waals surface area (Å²) in [5.41, 5.74) is 1.36. The molecule has 0 saturated carbocycles. The van der Waals surface area contributed by atoms with Crippen molar-refractivity contribution in [2.24, 2.45) is 0 Å². The minimum atomic E-state index is 0.0571. The van der Waals surface area contributed by atoms with E-state index in [2.05, 4.69) is 68.8 Å². The first-order valence-corrected chi connectivity index (χ1v) is 10.2. The molecule has 1 unspecified atom stereocenters. The van der Waals surface area contributed by atoms with E-state index >= 15 is 0 Å². The van der Waals surface area contributed by atoms with E-state index in [1.54, 1.807) is 0 Å². The van der Waals surface area contributed by atoms with Gasteiger partial charge in [-0.3, -0.25) is 0 Å². The van der Waals surface area contributed by atoms with Crippen molar-refractivity contribution in [1.29, 1.82) is 0 Å². The van der Waals surface area contributed by atoms with E-state index in [0.29, 0.717) is 0 Å². The molecule has 0 fully saturated rings. The molecular weight excluding hydrogens is 416 g/mol. The normalized spacial score (nSPS) is 13.6. The van der Waals surface area contributed by atoms with Crippen molar-refractivity contribution < 1.29 is 0 Å². The maximum Gasteiger partial charge on any atom is 0.0946 e. The maximum atomic E-state index is 6.03.